The molecule has 116 valence electrons. The van der Waals surface area contributed by atoms with E-state index in [0.717, 1.165) is 12.8 Å². The maximum absolute atomic E-state index is 12.2. The molecular formula is C15H18N4O3. The molecule has 0 atom stereocenters. The molecule has 0 aliphatic heterocycles. The monoisotopic (exact) mass is 302 g/mol. The van der Waals surface area contributed by atoms with Crippen LogP contribution in [0.4, 0.5) is 5.69 Å². The number of nitrogens with zero attached hydrogens (tertiary/aromatic N) is 3. The molecule has 22 heavy (non-hydrogen) atoms. The molecule has 2 rings (SSSR count). The van der Waals surface area contributed by atoms with Crippen LogP contribution in [0.25, 0.3) is 0 Å². The maximum atomic E-state index is 12.2. The van der Waals surface area contributed by atoms with Gasteiger partial charge in [-0.05, 0) is 18.6 Å². The average Bonchev–Trinajstić information content (AvgIpc) is 2.54. The van der Waals surface area contributed by atoms with Crippen molar-refractivity contribution in [2.75, 3.05) is 12.4 Å². The largest absolute Gasteiger partial charge is 0.481 e. The number of hydrogen-bond donors (Lipinski definition) is 1. The Morgan fingerprint density at radius 1 is 1.32 bits per heavy atom. The third kappa shape index (κ3) is 3.91. The van der Waals surface area contributed by atoms with E-state index in [1.165, 1.54) is 30.1 Å². The van der Waals surface area contributed by atoms with Crippen LogP contribution in [0.3, 0.4) is 0 Å². The van der Waals surface area contributed by atoms with E-state index in [1.807, 2.05) is 6.92 Å². The standard InChI is InChI=1S/C15H18N4O3/c1-3-4-9-19-14(20)8-6-12(18-19)15(21)17-11-5-7-13(22-2)16-10-11/h5-8,10H,3-4,9H2,1-2H3,(H,17,21). The van der Waals surface area contributed by atoms with E-state index < -0.39 is 5.91 Å². The van der Waals surface area contributed by atoms with Gasteiger partial charge in [-0.2, -0.15) is 5.10 Å². The van der Waals surface area contributed by atoms with E-state index in [-0.39, 0.29) is 11.3 Å². The summed E-state index contributed by atoms with van der Waals surface area (Å²) < 4.78 is 6.26. The molecule has 2 aromatic heterocycles. The third-order valence-corrected chi connectivity index (χ3v) is 3.03. The molecule has 0 bridgehead atoms. The second-order valence-electron chi connectivity index (χ2n) is 4.68. The first-order valence-electron chi connectivity index (χ1n) is 7.03. The molecule has 1 N–H and O–H groups in total. The quantitative estimate of drug-likeness (QED) is 0.877. The molecule has 7 nitrogen and oxygen atoms in total. The van der Waals surface area contributed by atoms with Crippen LogP contribution in [0.1, 0.15) is 30.3 Å². The molecule has 0 saturated heterocycles. The Labute approximate surface area is 128 Å². The normalized spacial score (nSPS) is 10.3. The van der Waals surface area contributed by atoms with Gasteiger partial charge < -0.3 is 10.1 Å². The van der Waals surface area contributed by atoms with Crippen molar-refractivity contribution in [3.05, 3.63) is 46.5 Å². The number of aryl methyl sites for hydroxylation is 1. The number of anilines is 1. The number of amides is 1. The summed E-state index contributed by atoms with van der Waals surface area (Å²) >= 11 is 0. The molecule has 0 fully saturated rings. The highest BCUT2D eigenvalue weighted by atomic mass is 16.5. The van der Waals surface area contributed by atoms with Crippen molar-refractivity contribution in [2.45, 2.75) is 26.3 Å². The van der Waals surface area contributed by atoms with Gasteiger partial charge in [-0.1, -0.05) is 13.3 Å². The second-order valence-corrected chi connectivity index (χ2v) is 4.68. The van der Waals surface area contributed by atoms with Gasteiger partial charge in [0.15, 0.2) is 0 Å². The first-order valence-corrected chi connectivity index (χ1v) is 7.03. The Balaban J connectivity index is 2.12. The van der Waals surface area contributed by atoms with Crippen molar-refractivity contribution in [3.8, 4) is 5.88 Å². The molecule has 1 amide bonds. The predicted octanol–water partition coefficient (Wildman–Crippen LogP) is 1.70. The zero-order chi connectivity index (χ0) is 15.9. The highest BCUT2D eigenvalue weighted by Gasteiger charge is 2.10. The van der Waals surface area contributed by atoms with Gasteiger partial charge in [0.25, 0.3) is 11.5 Å². The zero-order valence-corrected chi connectivity index (χ0v) is 12.6. The summed E-state index contributed by atoms with van der Waals surface area (Å²) in [5.41, 5.74) is 0.501. The Morgan fingerprint density at radius 3 is 2.77 bits per heavy atom. The van der Waals surface area contributed by atoms with Crippen LogP contribution < -0.4 is 15.6 Å². The lowest BCUT2D eigenvalue weighted by molar-refractivity contribution is 0.101. The van der Waals surface area contributed by atoms with E-state index >= 15 is 0 Å². The van der Waals surface area contributed by atoms with Crippen molar-refractivity contribution in [3.63, 3.8) is 0 Å². The maximum Gasteiger partial charge on any atom is 0.276 e. The van der Waals surface area contributed by atoms with Crippen LogP contribution in [0.5, 0.6) is 5.88 Å². The smallest absolute Gasteiger partial charge is 0.276 e. The number of carbonyl (C=O) groups is 1. The van der Waals surface area contributed by atoms with E-state index in [1.54, 1.807) is 12.1 Å². The number of methoxy groups -OCH3 is 1. The van der Waals surface area contributed by atoms with Gasteiger partial charge in [0, 0.05) is 18.7 Å². The molecular weight excluding hydrogens is 284 g/mol. The van der Waals surface area contributed by atoms with Crippen LogP contribution >= 0.6 is 0 Å². The summed E-state index contributed by atoms with van der Waals surface area (Å²) in [5, 5.41) is 6.76. The van der Waals surface area contributed by atoms with E-state index in [9.17, 15) is 9.59 Å². The highest BCUT2D eigenvalue weighted by molar-refractivity contribution is 6.02. The minimum atomic E-state index is -0.391. The van der Waals surface area contributed by atoms with Crippen molar-refractivity contribution in [1.82, 2.24) is 14.8 Å². The molecule has 0 unspecified atom stereocenters. The fourth-order valence-electron chi connectivity index (χ4n) is 1.81. The number of unbranched alkanes of at least 4 members (excludes halogenated alkanes) is 1. The minimum Gasteiger partial charge on any atom is -0.481 e. The van der Waals surface area contributed by atoms with Gasteiger partial charge in [-0.25, -0.2) is 9.67 Å². The number of aromatic nitrogens is 3. The highest BCUT2D eigenvalue weighted by Crippen LogP contribution is 2.11. The Bertz CT molecular complexity index is 695. The summed E-state index contributed by atoms with van der Waals surface area (Å²) in [6, 6.07) is 6.09. The molecule has 0 aromatic carbocycles. The number of ether oxygens (including phenoxy) is 1. The van der Waals surface area contributed by atoms with Gasteiger partial charge in [-0.15, -0.1) is 0 Å². The number of pyridine rings is 1. The third-order valence-electron chi connectivity index (χ3n) is 3.03. The summed E-state index contributed by atoms with van der Waals surface area (Å²) in [6.07, 6.45) is 3.27. The Morgan fingerprint density at radius 2 is 2.14 bits per heavy atom. The summed E-state index contributed by atoms with van der Waals surface area (Å²) in [7, 11) is 1.52. The summed E-state index contributed by atoms with van der Waals surface area (Å²) in [5.74, 6) is 0.0708. The van der Waals surface area contributed by atoms with Crippen LogP contribution in [0.15, 0.2) is 35.3 Å². The molecule has 0 aliphatic rings. The fourth-order valence-corrected chi connectivity index (χ4v) is 1.81. The van der Waals surface area contributed by atoms with Crippen LogP contribution in [-0.4, -0.2) is 27.8 Å². The molecule has 2 aromatic rings. The second kappa shape index (κ2) is 7.35. The molecule has 0 aliphatic carbocycles. The molecule has 0 radical (unpaired) electrons. The van der Waals surface area contributed by atoms with E-state index in [4.69, 9.17) is 4.74 Å². The van der Waals surface area contributed by atoms with Gasteiger partial charge in [0.2, 0.25) is 5.88 Å². The lowest BCUT2D eigenvalue weighted by atomic mass is 10.3. The van der Waals surface area contributed by atoms with Gasteiger partial charge >= 0.3 is 0 Å². The van der Waals surface area contributed by atoms with E-state index in [0.29, 0.717) is 18.1 Å². The molecule has 0 spiro atoms. The topological polar surface area (TPSA) is 86.1 Å². The van der Waals surface area contributed by atoms with Gasteiger partial charge in [0.1, 0.15) is 5.69 Å². The number of carbonyl (C=O) groups excluding carboxylic acids is 1. The lowest BCUT2D eigenvalue weighted by Gasteiger charge is -2.07. The number of rotatable bonds is 6. The SMILES string of the molecule is CCCCn1nc(C(=O)Nc2ccc(OC)nc2)ccc1=O. The number of hydrogen-bond acceptors (Lipinski definition) is 5. The Hall–Kier alpha value is -2.70. The van der Waals surface area contributed by atoms with Crippen LogP contribution in [-0.2, 0) is 6.54 Å². The molecule has 7 heteroatoms. The van der Waals surface area contributed by atoms with Crippen molar-refractivity contribution < 1.29 is 9.53 Å². The first-order chi connectivity index (χ1) is 10.6. The average molecular weight is 302 g/mol. The van der Waals surface area contributed by atoms with Crippen LogP contribution in [0, 0.1) is 0 Å². The zero-order valence-electron chi connectivity index (χ0n) is 12.6. The number of nitrogens with one attached hydrogen (secondary N) is 1. The molecule has 2 heterocycles. The van der Waals surface area contributed by atoms with E-state index in [2.05, 4.69) is 15.4 Å². The summed E-state index contributed by atoms with van der Waals surface area (Å²) in [6.45, 7) is 2.53. The summed E-state index contributed by atoms with van der Waals surface area (Å²) in [4.78, 5) is 27.8. The van der Waals surface area contributed by atoms with Gasteiger partial charge in [0.05, 0.1) is 19.0 Å². The predicted molar refractivity (Wildman–Crippen MR) is 82.1 cm³/mol. The fraction of sp³-hybridized carbons (Fsp3) is 0.333. The van der Waals surface area contributed by atoms with Crippen molar-refractivity contribution in [2.24, 2.45) is 0 Å². The Kier molecular flexibility index (Phi) is 5.24. The van der Waals surface area contributed by atoms with Gasteiger partial charge in [-0.3, -0.25) is 9.59 Å². The van der Waals surface area contributed by atoms with Crippen molar-refractivity contribution >= 4 is 11.6 Å². The minimum absolute atomic E-state index is 0.187. The first kappa shape index (κ1) is 15.7. The molecule has 0 saturated carbocycles. The lowest BCUT2D eigenvalue weighted by Crippen LogP contribution is -2.26. The van der Waals surface area contributed by atoms with Crippen molar-refractivity contribution in [1.29, 1.82) is 0 Å². The van der Waals surface area contributed by atoms with Crippen LogP contribution in [0.2, 0.25) is 0 Å².